The second kappa shape index (κ2) is 5.93. The van der Waals surface area contributed by atoms with Gasteiger partial charge in [-0.25, -0.2) is 0 Å². The molecule has 5 heteroatoms. The number of likely N-dealkylation sites (N-methyl/N-ethyl adjacent to an activating group) is 1. The van der Waals surface area contributed by atoms with Crippen molar-refractivity contribution in [2.45, 2.75) is 25.8 Å². The molecule has 1 aliphatic rings. The van der Waals surface area contributed by atoms with Crippen LogP contribution in [0.1, 0.15) is 30.1 Å². The zero-order valence-electron chi connectivity index (χ0n) is 11.4. The molecular weight excluding hydrogens is 240 g/mol. The maximum absolute atomic E-state index is 11.3. The van der Waals surface area contributed by atoms with E-state index in [1.807, 2.05) is 6.07 Å². The number of nitrogens with two attached hydrogens (primary N) is 2. The highest BCUT2D eigenvalue weighted by atomic mass is 16.1. The summed E-state index contributed by atoms with van der Waals surface area (Å²) in [7, 11) is 0. The Labute approximate surface area is 113 Å². The number of amides is 1. The molecule has 0 aliphatic carbocycles. The van der Waals surface area contributed by atoms with E-state index >= 15 is 0 Å². The van der Waals surface area contributed by atoms with Crippen LogP contribution in [0.15, 0.2) is 18.2 Å². The number of benzene rings is 1. The Morgan fingerprint density at radius 2 is 2.32 bits per heavy atom. The quantitative estimate of drug-likeness (QED) is 0.713. The van der Waals surface area contributed by atoms with Gasteiger partial charge < -0.3 is 21.7 Å². The molecule has 1 aromatic carbocycles. The van der Waals surface area contributed by atoms with Gasteiger partial charge in [0.15, 0.2) is 0 Å². The topological polar surface area (TPSA) is 84.4 Å². The third-order valence-corrected chi connectivity index (χ3v) is 3.64. The van der Waals surface area contributed by atoms with E-state index in [1.54, 1.807) is 12.1 Å². The maximum atomic E-state index is 11.3. The number of nitrogens with zero attached hydrogens (tertiary/aromatic N) is 1. The zero-order valence-corrected chi connectivity index (χ0v) is 11.4. The van der Waals surface area contributed by atoms with Gasteiger partial charge in [0.1, 0.15) is 0 Å². The van der Waals surface area contributed by atoms with Gasteiger partial charge in [0.2, 0.25) is 0 Å². The first-order valence-electron chi connectivity index (χ1n) is 6.78. The molecule has 1 heterocycles. The molecule has 0 saturated carbocycles. The van der Waals surface area contributed by atoms with E-state index in [2.05, 4.69) is 17.1 Å². The third kappa shape index (κ3) is 3.38. The smallest absolute Gasteiger partial charge is 0.250 e. The predicted octanol–water partition coefficient (Wildman–Crippen LogP) is 1.26. The van der Waals surface area contributed by atoms with E-state index in [1.165, 1.54) is 13.0 Å². The highest BCUT2D eigenvalue weighted by Crippen LogP contribution is 2.20. The lowest BCUT2D eigenvalue weighted by Gasteiger charge is -2.32. The van der Waals surface area contributed by atoms with E-state index in [-0.39, 0.29) is 0 Å². The van der Waals surface area contributed by atoms with Gasteiger partial charge in [0.05, 0.1) is 5.56 Å². The summed E-state index contributed by atoms with van der Waals surface area (Å²) in [5, 5.41) is 3.46. The zero-order chi connectivity index (χ0) is 13.8. The minimum absolute atomic E-state index is 0.383. The van der Waals surface area contributed by atoms with Crippen LogP contribution in [0.3, 0.4) is 0 Å². The summed E-state index contributed by atoms with van der Waals surface area (Å²) in [5.74, 6) is -0.486. The van der Waals surface area contributed by atoms with E-state index in [0.717, 1.165) is 25.2 Å². The molecule has 104 valence electrons. The van der Waals surface area contributed by atoms with Crippen molar-refractivity contribution in [1.29, 1.82) is 0 Å². The maximum Gasteiger partial charge on any atom is 0.250 e. The van der Waals surface area contributed by atoms with Crippen molar-refractivity contribution < 1.29 is 4.79 Å². The molecule has 1 aliphatic heterocycles. The number of carbonyl (C=O) groups excluding carboxylic acids is 1. The highest BCUT2D eigenvalue weighted by Gasteiger charge is 2.18. The van der Waals surface area contributed by atoms with E-state index in [4.69, 9.17) is 11.5 Å². The first kappa shape index (κ1) is 13.7. The predicted molar refractivity (Wildman–Crippen MR) is 78.1 cm³/mol. The molecule has 5 nitrogen and oxygen atoms in total. The van der Waals surface area contributed by atoms with Crippen LogP contribution in [0.5, 0.6) is 0 Å². The molecule has 1 aromatic rings. The first-order chi connectivity index (χ1) is 9.10. The monoisotopic (exact) mass is 262 g/mol. The number of hydrogen-bond acceptors (Lipinski definition) is 4. The second-order valence-electron chi connectivity index (χ2n) is 5.04. The van der Waals surface area contributed by atoms with Crippen molar-refractivity contribution in [2.75, 3.05) is 30.7 Å². The van der Waals surface area contributed by atoms with Crippen molar-refractivity contribution in [2.24, 2.45) is 5.73 Å². The Morgan fingerprint density at radius 1 is 1.53 bits per heavy atom. The van der Waals surface area contributed by atoms with Gasteiger partial charge in [-0.15, -0.1) is 0 Å². The van der Waals surface area contributed by atoms with Crippen LogP contribution in [0.25, 0.3) is 0 Å². The molecule has 5 N–H and O–H groups in total. The van der Waals surface area contributed by atoms with Crippen LogP contribution < -0.4 is 16.8 Å². The molecule has 0 aromatic heterocycles. The van der Waals surface area contributed by atoms with Crippen molar-refractivity contribution in [1.82, 2.24) is 4.90 Å². The SMILES string of the molecule is CCN1CCCC(Nc2ccc(N)c(C(N)=O)c2)C1. The van der Waals surface area contributed by atoms with Gasteiger partial charge in [0.25, 0.3) is 5.91 Å². The fraction of sp³-hybridized carbons (Fsp3) is 0.500. The summed E-state index contributed by atoms with van der Waals surface area (Å²) >= 11 is 0. The normalized spacial score (nSPS) is 20.2. The van der Waals surface area contributed by atoms with Crippen LogP contribution in [0.4, 0.5) is 11.4 Å². The van der Waals surface area contributed by atoms with Crippen LogP contribution in [0.2, 0.25) is 0 Å². The van der Waals surface area contributed by atoms with Gasteiger partial charge in [-0.2, -0.15) is 0 Å². The average molecular weight is 262 g/mol. The van der Waals surface area contributed by atoms with Gasteiger partial charge in [0, 0.05) is 24.0 Å². The first-order valence-corrected chi connectivity index (χ1v) is 6.78. The van der Waals surface area contributed by atoms with Gasteiger partial charge in [-0.05, 0) is 44.1 Å². The van der Waals surface area contributed by atoms with Gasteiger partial charge in [-0.1, -0.05) is 6.92 Å². The second-order valence-corrected chi connectivity index (χ2v) is 5.04. The number of likely N-dealkylation sites (tertiary alicyclic amines) is 1. The van der Waals surface area contributed by atoms with Crippen LogP contribution in [0, 0.1) is 0 Å². The van der Waals surface area contributed by atoms with Crippen LogP contribution >= 0.6 is 0 Å². The standard InChI is InChI=1S/C14H22N4O/c1-2-18-7-3-4-11(9-18)17-10-5-6-13(15)12(8-10)14(16)19/h5-6,8,11,17H,2-4,7,9,15H2,1H3,(H2,16,19). The number of nitrogen functional groups attached to an aromatic ring is 1. The average Bonchev–Trinajstić information content (AvgIpc) is 2.41. The molecule has 1 unspecified atom stereocenters. The fourth-order valence-corrected chi connectivity index (χ4v) is 2.56. The van der Waals surface area contributed by atoms with E-state index in [0.29, 0.717) is 17.3 Å². The number of carbonyl (C=O) groups is 1. The van der Waals surface area contributed by atoms with E-state index in [9.17, 15) is 4.79 Å². The number of primary amides is 1. The Hall–Kier alpha value is -1.75. The molecule has 1 saturated heterocycles. The van der Waals surface area contributed by atoms with Crippen LogP contribution in [-0.2, 0) is 0 Å². The Balaban J connectivity index is 2.06. The Bertz CT molecular complexity index is 461. The Kier molecular flexibility index (Phi) is 4.27. The van der Waals surface area contributed by atoms with Crippen molar-refractivity contribution >= 4 is 17.3 Å². The van der Waals surface area contributed by atoms with Crippen molar-refractivity contribution in [3.63, 3.8) is 0 Å². The molecule has 2 rings (SSSR count). The lowest BCUT2D eigenvalue weighted by molar-refractivity contribution is 0.100. The summed E-state index contributed by atoms with van der Waals surface area (Å²) in [4.78, 5) is 13.7. The molecule has 1 fully saturated rings. The number of anilines is 2. The molecule has 1 atom stereocenters. The number of nitrogens with one attached hydrogen (secondary N) is 1. The molecular formula is C14H22N4O. The molecule has 0 spiro atoms. The van der Waals surface area contributed by atoms with Crippen molar-refractivity contribution in [3.05, 3.63) is 23.8 Å². The number of rotatable bonds is 4. The summed E-state index contributed by atoms with van der Waals surface area (Å²) in [5.41, 5.74) is 12.8. The molecule has 19 heavy (non-hydrogen) atoms. The number of hydrogen-bond donors (Lipinski definition) is 3. The summed E-state index contributed by atoms with van der Waals surface area (Å²) in [6.07, 6.45) is 2.34. The minimum Gasteiger partial charge on any atom is -0.398 e. The lowest BCUT2D eigenvalue weighted by atomic mass is 10.0. The highest BCUT2D eigenvalue weighted by molar-refractivity contribution is 5.98. The lowest BCUT2D eigenvalue weighted by Crippen LogP contribution is -2.41. The summed E-state index contributed by atoms with van der Waals surface area (Å²) < 4.78 is 0. The van der Waals surface area contributed by atoms with Crippen molar-refractivity contribution in [3.8, 4) is 0 Å². The summed E-state index contributed by atoms with van der Waals surface area (Å²) in [6.45, 7) is 5.46. The minimum atomic E-state index is -0.486. The van der Waals surface area contributed by atoms with Crippen LogP contribution in [-0.4, -0.2) is 36.5 Å². The fourth-order valence-electron chi connectivity index (χ4n) is 2.56. The largest absolute Gasteiger partial charge is 0.398 e. The van der Waals surface area contributed by atoms with E-state index < -0.39 is 5.91 Å². The van der Waals surface area contributed by atoms with Gasteiger partial charge in [-0.3, -0.25) is 4.79 Å². The molecule has 0 bridgehead atoms. The molecule has 0 radical (unpaired) electrons. The summed E-state index contributed by atoms with van der Waals surface area (Å²) in [6, 6.07) is 5.77. The Morgan fingerprint density at radius 3 is 3.00 bits per heavy atom. The molecule has 1 amide bonds. The number of piperidine rings is 1. The van der Waals surface area contributed by atoms with Gasteiger partial charge >= 0.3 is 0 Å². The third-order valence-electron chi connectivity index (χ3n) is 3.64.